The molecule has 3 aromatic rings. The number of hydrogen-bond donors (Lipinski definition) is 1. The summed E-state index contributed by atoms with van der Waals surface area (Å²) in [7, 11) is -2.95. The predicted molar refractivity (Wildman–Crippen MR) is 174 cm³/mol. The van der Waals surface area contributed by atoms with Crippen LogP contribution in [0.25, 0.3) is 0 Å². The molecule has 0 saturated carbocycles. The monoisotopic (exact) mass is 615 g/mol. The molecule has 0 aliphatic carbocycles. The van der Waals surface area contributed by atoms with Gasteiger partial charge in [0.25, 0.3) is 8.32 Å². The van der Waals surface area contributed by atoms with Crippen LogP contribution in [0.15, 0.2) is 104 Å². The Balaban J connectivity index is 1.56. The van der Waals surface area contributed by atoms with Crippen LogP contribution in [-0.4, -0.2) is 67.2 Å². The van der Waals surface area contributed by atoms with Gasteiger partial charge in [0.15, 0.2) is 5.79 Å². The Hall–Kier alpha value is -3.27. The summed E-state index contributed by atoms with van der Waals surface area (Å²) >= 11 is 0. The highest BCUT2D eigenvalue weighted by Gasteiger charge is 2.62. The molecule has 2 heterocycles. The number of hydrogen-bond acceptors (Lipinski definition) is 6. The van der Waals surface area contributed by atoms with E-state index >= 15 is 0 Å². The normalized spacial score (nSPS) is 23.6. The molecule has 1 N–H and O–H groups in total. The van der Waals surface area contributed by atoms with Crippen molar-refractivity contribution in [1.29, 1.82) is 0 Å². The smallest absolute Gasteiger partial charge is 0.410 e. The number of benzene rings is 3. The lowest BCUT2D eigenvalue weighted by molar-refractivity contribution is -0.172. The average molecular weight is 616 g/mol. The SMILES string of the molecule is C=CC[C@H](O)[C@@H]1[C@@H]2OC(C)(C)O[C@@H]2[C@@H](CO[Si](c2ccccc2)(c2ccccc2)C(C)(C)C)N1C(=O)OCc1ccccc1. The van der Waals surface area contributed by atoms with Crippen molar-refractivity contribution >= 4 is 24.8 Å². The minimum absolute atomic E-state index is 0.102. The van der Waals surface area contributed by atoms with Crippen LogP contribution in [0.1, 0.15) is 46.6 Å². The second-order valence-corrected chi connectivity index (χ2v) is 17.4. The van der Waals surface area contributed by atoms with Gasteiger partial charge in [-0.2, -0.15) is 0 Å². The third-order valence-electron chi connectivity index (χ3n) is 8.66. The van der Waals surface area contributed by atoms with E-state index in [1.807, 2.05) is 80.6 Å². The van der Waals surface area contributed by atoms with Crippen molar-refractivity contribution in [2.75, 3.05) is 6.61 Å². The van der Waals surface area contributed by atoms with Gasteiger partial charge in [0, 0.05) is 0 Å². The van der Waals surface area contributed by atoms with Crippen molar-refractivity contribution in [3.05, 3.63) is 109 Å². The molecule has 0 aromatic heterocycles. The van der Waals surface area contributed by atoms with E-state index in [1.54, 1.807) is 11.0 Å². The fourth-order valence-electron chi connectivity index (χ4n) is 6.83. The summed E-state index contributed by atoms with van der Waals surface area (Å²) in [4.78, 5) is 15.6. The van der Waals surface area contributed by atoms with Gasteiger partial charge < -0.3 is 23.7 Å². The second kappa shape index (κ2) is 13.0. The van der Waals surface area contributed by atoms with Crippen molar-refractivity contribution < 1.29 is 28.5 Å². The fourth-order valence-corrected chi connectivity index (χ4v) is 11.4. The molecule has 0 spiro atoms. The van der Waals surface area contributed by atoms with Gasteiger partial charge in [0.05, 0.1) is 24.8 Å². The average Bonchev–Trinajstić information content (AvgIpc) is 3.47. The van der Waals surface area contributed by atoms with Gasteiger partial charge in [-0.15, -0.1) is 6.58 Å². The molecular formula is C36H45NO6Si. The van der Waals surface area contributed by atoms with Gasteiger partial charge in [-0.3, -0.25) is 4.90 Å². The lowest BCUT2D eigenvalue weighted by Gasteiger charge is -2.44. The van der Waals surface area contributed by atoms with Crippen molar-refractivity contribution in [2.45, 2.75) is 88.9 Å². The number of nitrogens with zero attached hydrogens (tertiary/aromatic N) is 1. The topological polar surface area (TPSA) is 77.5 Å². The molecular weight excluding hydrogens is 570 g/mol. The Bertz CT molecular complexity index is 1350. The lowest BCUT2D eigenvalue weighted by atomic mass is 10.0. The summed E-state index contributed by atoms with van der Waals surface area (Å²) in [5.41, 5.74) is 0.872. The van der Waals surface area contributed by atoms with Crippen molar-refractivity contribution in [2.24, 2.45) is 0 Å². The van der Waals surface area contributed by atoms with Crippen LogP contribution in [0, 0.1) is 0 Å². The van der Waals surface area contributed by atoms with E-state index in [0.717, 1.165) is 15.9 Å². The molecule has 2 saturated heterocycles. The van der Waals surface area contributed by atoms with Crippen LogP contribution in [0.3, 0.4) is 0 Å². The second-order valence-electron chi connectivity index (χ2n) is 13.1. The maximum absolute atomic E-state index is 14.0. The number of aliphatic hydroxyl groups excluding tert-OH is 1. The van der Waals surface area contributed by atoms with E-state index in [1.165, 1.54) is 0 Å². The van der Waals surface area contributed by atoms with Crippen LogP contribution >= 0.6 is 0 Å². The first-order valence-electron chi connectivity index (χ1n) is 15.4. The molecule has 5 rings (SSSR count). The Morgan fingerprint density at radius 1 is 0.955 bits per heavy atom. The summed E-state index contributed by atoms with van der Waals surface area (Å²) in [5, 5.41) is 13.4. The number of amides is 1. The number of fused-ring (bicyclic) bond motifs is 1. The Kier molecular flexibility index (Phi) is 9.49. The van der Waals surface area contributed by atoms with E-state index in [4.69, 9.17) is 18.6 Å². The third kappa shape index (κ3) is 6.27. The van der Waals surface area contributed by atoms with E-state index < -0.39 is 50.6 Å². The van der Waals surface area contributed by atoms with Crippen LogP contribution in [0.5, 0.6) is 0 Å². The lowest BCUT2D eigenvalue weighted by Crippen LogP contribution is -2.67. The minimum atomic E-state index is -2.95. The van der Waals surface area contributed by atoms with E-state index in [9.17, 15) is 9.90 Å². The minimum Gasteiger partial charge on any atom is -0.445 e. The highest BCUT2D eigenvalue weighted by molar-refractivity contribution is 6.99. The van der Waals surface area contributed by atoms with Crippen LogP contribution in [-0.2, 0) is 25.2 Å². The summed E-state index contributed by atoms with van der Waals surface area (Å²) in [5.74, 6) is -0.892. The van der Waals surface area contributed by atoms with Gasteiger partial charge in [-0.1, -0.05) is 118 Å². The standard InChI is InChI=1S/C36H45NO6Si/c1-7-17-30(38)31-33-32(42-36(5,6)43-33)29(37(31)34(39)40-24-26-18-11-8-12-19-26)25-41-44(35(2,3)4,27-20-13-9-14-21-27)28-22-15-10-16-23-28/h7-16,18-23,29-33,38H,1,17,24-25H2,2-6H3/t29-,30+,31-,32-,33+/m1/s1. The van der Waals surface area contributed by atoms with Crippen molar-refractivity contribution in [1.82, 2.24) is 4.90 Å². The fraction of sp³-hybridized carbons (Fsp3) is 0.417. The molecule has 0 unspecified atom stereocenters. The van der Waals surface area contributed by atoms with Crippen LogP contribution in [0.2, 0.25) is 5.04 Å². The number of likely N-dealkylation sites (tertiary alicyclic amines) is 1. The summed E-state index contributed by atoms with van der Waals surface area (Å²) in [6.45, 7) is 14.5. The van der Waals surface area contributed by atoms with E-state index in [2.05, 4.69) is 51.6 Å². The first-order chi connectivity index (χ1) is 21.0. The maximum Gasteiger partial charge on any atom is 0.410 e. The van der Waals surface area contributed by atoms with Crippen LogP contribution < -0.4 is 10.4 Å². The molecule has 0 radical (unpaired) electrons. The quantitative estimate of drug-likeness (QED) is 0.243. The molecule has 2 fully saturated rings. The first kappa shape index (κ1) is 32.1. The largest absolute Gasteiger partial charge is 0.445 e. The number of ether oxygens (including phenoxy) is 3. The maximum atomic E-state index is 14.0. The molecule has 8 heteroatoms. The van der Waals surface area contributed by atoms with Crippen molar-refractivity contribution in [3.8, 4) is 0 Å². The number of carbonyl (C=O) groups is 1. The Labute approximate surface area is 262 Å². The number of rotatable bonds is 10. The van der Waals surface area contributed by atoms with E-state index in [0.29, 0.717) is 0 Å². The molecule has 1 amide bonds. The molecule has 0 bridgehead atoms. The summed E-state index contributed by atoms with van der Waals surface area (Å²) < 4.78 is 26.1. The molecule has 2 aliphatic heterocycles. The molecule has 44 heavy (non-hydrogen) atoms. The Morgan fingerprint density at radius 3 is 2.00 bits per heavy atom. The van der Waals surface area contributed by atoms with Crippen molar-refractivity contribution in [3.63, 3.8) is 0 Å². The predicted octanol–water partition coefficient (Wildman–Crippen LogP) is 5.41. The summed E-state index contributed by atoms with van der Waals surface area (Å²) in [6, 6.07) is 29.1. The molecule has 5 atom stereocenters. The zero-order valence-electron chi connectivity index (χ0n) is 26.4. The van der Waals surface area contributed by atoms with Crippen LogP contribution in [0.4, 0.5) is 4.79 Å². The molecule has 2 aliphatic rings. The summed E-state index contributed by atoms with van der Waals surface area (Å²) in [6.07, 6.45) is -0.645. The molecule has 3 aromatic carbocycles. The third-order valence-corrected chi connectivity index (χ3v) is 13.7. The van der Waals surface area contributed by atoms with Gasteiger partial charge in [0.2, 0.25) is 0 Å². The Morgan fingerprint density at radius 2 is 1.48 bits per heavy atom. The first-order valence-corrected chi connectivity index (χ1v) is 17.3. The number of carbonyl (C=O) groups excluding carboxylic acids is 1. The molecule has 7 nitrogen and oxygen atoms in total. The molecule has 234 valence electrons. The van der Waals surface area contributed by atoms with E-state index in [-0.39, 0.29) is 24.7 Å². The number of aliphatic hydroxyl groups is 1. The van der Waals surface area contributed by atoms with Gasteiger partial charge >= 0.3 is 6.09 Å². The zero-order chi connectivity index (χ0) is 31.5. The van der Waals surface area contributed by atoms with Gasteiger partial charge in [-0.05, 0) is 41.2 Å². The highest BCUT2D eigenvalue weighted by Crippen LogP contribution is 2.44. The van der Waals surface area contributed by atoms with Gasteiger partial charge in [-0.25, -0.2) is 4.79 Å². The highest BCUT2D eigenvalue weighted by atomic mass is 28.4. The van der Waals surface area contributed by atoms with Gasteiger partial charge in [0.1, 0.15) is 18.8 Å². The zero-order valence-corrected chi connectivity index (χ0v) is 27.4.